The fourth-order valence-electron chi connectivity index (χ4n) is 1.43. The molecular formula is C11H10ClN3S2. The minimum Gasteiger partial charge on any atom is -0.307 e. The molecule has 0 saturated heterocycles. The van der Waals surface area contributed by atoms with E-state index in [1.54, 1.807) is 13.2 Å². The van der Waals surface area contributed by atoms with E-state index in [1.807, 2.05) is 24.3 Å². The number of halogens is 1. The maximum Gasteiger partial charge on any atom is 0.152 e. The van der Waals surface area contributed by atoms with Crippen LogP contribution in [0.3, 0.4) is 0 Å². The van der Waals surface area contributed by atoms with Crippen molar-refractivity contribution < 1.29 is 0 Å². The minimum atomic E-state index is 0.650. The Morgan fingerprint density at radius 2 is 2.24 bits per heavy atom. The summed E-state index contributed by atoms with van der Waals surface area (Å²) >= 11 is 12.7. The number of thiocarbonyl (C=S) groups is 1. The highest BCUT2D eigenvalue weighted by atomic mass is 35.5. The molecule has 0 aliphatic heterocycles. The van der Waals surface area contributed by atoms with E-state index in [-0.39, 0.29) is 0 Å². The van der Waals surface area contributed by atoms with Crippen LogP contribution in [0.15, 0.2) is 35.4 Å². The lowest BCUT2D eigenvalue weighted by Crippen LogP contribution is -2.30. The summed E-state index contributed by atoms with van der Waals surface area (Å²) < 4.78 is 0.653. The highest BCUT2D eigenvalue weighted by Gasteiger charge is 2.07. The molecule has 0 saturated carbocycles. The molecule has 1 aromatic carbocycles. The molecule has 0 radical (unpaired) electrons. The summed E-state index contributed by atoms with van der Waals surface area (Å²) in [6, 6.07) is 7.64. The van der Waals surface area contributed by atoms with Crippen molar-refractivity contribution in [1.29, 1.82) is 0 Å². The third-order valence-electron chi connectivity index (χ3n) is 2.11. The van der Waals surface area contributed by atoms with Crippen molar-refractivity contribution in [2.24, 2.45) is 0 Å². The fourth-order valence-corrected chi connectivity index (χ4v) is 2.78. The predicted octanol–water partition coefficient (Wildman–Crippen LogP) is 2.99. The summed E-state index contributed by atoms with van der Waals surface area (Å²) in [5.41, 5.74) is 6.46. The van der Waals surface area contributed by atoms with Gasteiger partial charge in [0.1, 0.15) is 0 Å². The molecule has 2 rings (SSSR count). The Balaban J connectivity index is 2.41. The first-order valence-corrected chi connectivity index (χ1v) is 6.50. The van der Waals surface area contributed by atoms with Crippen LogP contribution in [0.4, 0.5) is 0 Å². The summed E-state index contributed by atoms with van der Waals surface area (Å²) in [6.07, 6.45) is 1.73. The van der Waals surface area contributed by atoms with Gasteiger partial charge < -0.3 is 5.43 Å². The summed E-state index contributed by atoms with van der Waals surface area (Å²) in [5, 5.41) is 1.66. The van der Waals surface area contributed by atoms with Crippen LogP contribution in [0, 0.1) is 0 Å². The second-order valence-electron chi connectivity index (χ2n) is 3.21. The van der Waals surface area contributed by atoms with Crippen LogP contribution in [-0.2, 0) is 0 Å². The summed E-state index contributed by atoms with van der Waals surface area (Å²) in [5.74, 6) is 0. The Morgan fingerprint density at radius 1 is 1.41 bits per heavy atom. The monoisotopic (exact) mass is 283 g/mol. The lowest BCUT2D eigenvalue weighted by Gasteiger charge is -2.08. The highest BCUT2D eigenvalue weighted by molar-refractivity contribution is 8.23. The zero-order chi connectivity index (χ0) is 12.3. The Morgan fingerprint density at radius 3 is 3.00 bits per heavy atom. The van der Waals surface area contributed by atoms with Gasteiger partial charge in [0.2, 0.25) is 0 Å². The number of hydrazine groups is 1. The normalized spacial score (nSPS) is 10.5. The first kappa shape index (κ1) is 12.6. The lowest BCUT2D eigenvalue weighted by atomic mass is 10.2. The first-order valence-electron chi connectivity index (χ1n) is 4.90. The van der Waals surface area contributed by atoms with E-state index >= 15 is 0 Å². The van der Waals surface area contributed by atoms with Gasteiger partial charge in [0.25, 0.3) is 0 Å². The second-order valence-corrected chi connectivity index (χ2v) is 5.34. The minimum absolute atomic E-state index is 0.650. The molecule has 0 unspecified atom stereocenters. The van der Waals surface area contributed by atoms with Crippen molar-refractivity contribution in [2.45, 2.75) is 4.90 Å². The SMILES string of the molecule is CNNC(=S)Sc1ccnc2c(Cl)cccc12. The molecule has 0 fully saturated rings. The van der Waals surface area contributed by atoms with Crippen molar-refractivity contribution in [3.63, 3.8) is 0 Å². The molecule has 17 heavy (non-hydrogen) atoms. The molecule has 88 valence electrons. The van der Waals surface area contributed by atoms with Crippen molar-refractivity contribution in [1.82, 2.24) is 15.8 Å². The molecular weight excluding hydrogens is 274 g/mol. The van der Waals surface area contributed by atoms with Gasteiger partial charge in [-0.25, -0.2) is 5.43 Å². The Kier molecular flexibility index (Phi) is 4.17. The van der Waals surface area contributed by atoms with Crippen LogP contribution < -0.4 is 10.9 Å². The van der Waals surface area contributed by atoms with E-state index in [0.717, 1.165) is 15.8 Å². The van der Waals surface area contributed by atoms with Gasteiger partial charge in [0.15, 0.2) is 4.32 Å². The van der Waals surface area contributed by atoms with E-state index in [2.05, 4.69) is 15.8 Å². The zero-order valence-corrected chi connectivity index (χ0v) is 11.4. The molecule has 3 nitrogen and oxygen atoms in total. The quantitative estimate of drug-likeness (QED) is 0.503. The molecule has 0 spiro atoms. The summed E-state index contributed by atoms with van der Waals surface area (Å²) in [6.45, 7) is 0. The topological polar surface area (TPSA) is 37.0 Å². The number of hydrogen-bond acceptors (Lipinski definition) is 4. The summed E-state index contributed by atoms with van der Waals surface area (Å²) in [7, 11) is 1.77. The molecule has 6 heteroatoms. The molecule has 0 aliphatic carbocycles. The number of rotatable bonds is 2. The van der Waals surface area contributed by atoms with E-state index in [4.69, 9.17) is 23.8 Å². The number of benzene rings is 1. The van der Waals surface area contributed by atoms with E-state index < -0.39 is 0 Å². The van der Waals surface area contributed by atoms with E-state index in [9.17, 15) is 0 Å². The van der Waals surface area contributed by atoms with Gasteiger partial charge in [-0.05, 0) is 12.1 Å². The molecule has 2 N–H and O–H groups in total. The number of para-hydroxylation sites is 1. The first-order chi connectivity index (χ1) is 8.22. The number of thioether (sulfide) groups is 1. The number of nitrogens with zero attached hydrogens (tertiary/aromatic N) is 1. The number of pyridine rings is 1. The van der Waals surface area contributed by atoms with Gasteiger partial charge in [-0.2, -0.15) is 0 Å². The number of nitrogens with one attached hydrogen (secondary N) is 2. The zero-order valence-electron chi connectivity index (χ0n) is 9.03. The van der Waals surface area contributed by atoms with Crippen molar-refractivity contribution >= 4 is 50.8 Å². The van der Waals surface area contributed by atoms with Crippen molar-refractivity contribution in [2.75, 3.05) is 7.05 Å². The van der Waals surface area contributed by atoms with Crippen molar-refractivity contribution in [3.05, 3.63) is 35.5 Å². The number of fused-ring (bicyclic) bond motifs is 1. The lowest BCUT2D eigenvalue weighted by molar-refractivity contribution is 0.786. The van der Waals surface area contributed by atoms with Crippen LogP contribution in [0.5, 0.6) is 0 Å². The molecule has 0 aliphatic rings. The van der Waals surface area contributed by atoms with Gasteiger partial charge >= 0.3 is 0 Å². The average molecular weight is 284 g/mol. The van der Waals surface area contributed by atoms with Gasteiger partial charge in [0, 0.05) is 23.5 Å². The van der Waals surface area contributed by atoms with Crippen LogP contribution in [-0.4, -0.2) is 16.4 Å². The fraction of sp³-hybridized carbons (Fsp3) is 0.0909. The summed E-state index contributed by atoms with van der Waals surface area (Å²) in [4.78, 5) is 5.30. The van der Waals surface area contributed by atoms with Gasteiger partial charge in [-0.15, -0.1) is 0 Å². The predicted molar refractivity (Wildman–Crippen MR) is 77.4 cm³/mol. The van der Waals surface area contributed by atoms with Crippen LogP contribution in [0.1, 0.15) is 0 Å². The largest absolute Gasteiger partial charge is 0.307 e. The molecule has 0 atom stereocenters. The van der Waals surface area contributed by atoms with Crippen LogP contribution >= 0.6 is 35.6 Å². The van der Waals surface area contributed by atoms with Gasteiger partial charge in [0.05, 0.1) is 10.5 Å². The van der Waals surface area contributed by atoms with E-state index in [1.165, 1.54) is 11.8 Å². The molecule has 2 aromatic rings. The highest BCUT2D eigenvalue weighted by Crippen LogP contribution is 2.30. The maximum absolute atomic E-state index is 6.09. The average Bonchev–Trinajstić information content (AvgIpc) is 2.31. The molecule has 0 amide bonds. The van der Waals surface area contributed by atoms with E-state index in [0.29, 0.717) is 9.34 Å². The Labute approximate surface area is 114 Å². The second kappa shape index (κ2) is 5.64. The Bertz CT molecular complexity index is 559. The third-order valence-corrected chi connectivity index (χ3v) is 3.63. The third kappa shape index (κ3) is 2.87. The molecule has 1 aromatic heterocycles. The van der Waals surface area contributed by atoms with Gasteiger partial charge in [-0.3, -0.25) is 4.98 Å². The Hall–Kier alpha value is -0.880. The number of hydrogen-bond donors (Lipinski definition) is 2. The number of aromatic nitrogens is 1. The molecule has 1 heterocycles. The van der Waals surface area contributed by atoms with Crippen LogP contribution in [0.25, 0.3) is 10.9 Å². The van der Waals surface area contributed by atoms with Gasteiger partial charge in [-0.1, -0.05) is 47.7 Å². The van der Waals surface area contributed by atoms with Crippen molar-refractivity contribution in [3.8, 4) is 0 Å². The van der Waals surface area contributed by atoms with Crippen LogP contribution in [0.2, 0.25) is 5.02 Å². The maximum atomic E-state index is 6.09. The standard InChI is InChI=1S/C11H10ClN3S2/c1-13-15-11(16)17-9-5-6-14-10-7(9)3-2-4-8(10)12/h2-6,13H,1H3,(H,15,16). The molecule has 0 bridgehead atoms. The smallest absolute Gasteiger partial charge is 0.152 e.